The molecule has 0 saturated carbocycles. The second-order valence-corrected chi connectivity index (χ2v) is 27.7. The molecule has 15 rings (SSSR count). The van der Waals surface area contributed by atoms with Crippen molar-refractivity contribution in [1.29, 1.82) is 0 Å². The molecule has 0 amide bonds. The maximum absolute atomic E-state index is 9.19. The summed E-state index contributed by atoms with van der Waals surface area (Å²) in [7, 11) is 0. The molecule has 0 bridgehead atoms. The van der Waals surface area contributed by atoms with Gasteiger partial charge in [-0.2, -0.15) is 0 Å². The van der Waals surface area contributed by atoms with Crippen molar-refractivity contribution in [2.24, 2.45) is 0 Å². The monoisotopic (exact) mass is 1130 g/mol. The molecule has 12 aromatic rings. The van der Waals surface area contributed by atoms with Gasteiger partial charge in [0.05, 0.1) is 39.0 Å². The van der Waals surface area contributed by atoms with Crippen LogP contribution in [0.2, 0.25) is 0 Å². The normalized spacial score (nSPS) is 15.3. The van der Waals surface area contributed by atoms with E-state index in [1.165, 1.54) is 66.8 Å². The standard InChI is InChI=1S/C82H74N4O/c1-78(2,3)53-41-44-75(83-50-53)86-71-38-19-13-27-60(71)61-43-42-58(49-74(61)86)87-57-26-22-25-56(48-57)84-51-85(73-40-21-20-39-72(73)84)77-59(52-45-54(79(4,5)6)47-55(46-52)80(7,8)9)29-23-31-63(77)62-30-24-37-70-76(62)64-28-12-14-32-65(64)82(70)68-35-17-15-33-66(68)81(10,11)67-34-16-18-36-69(67)82/h12-50H,51H2,1-11H3/i13D,19D,27D,38D. The van der Waals surface area contributed by atoms with E-state index in [0.29, 0.717) is 45.8 Å². The van der Waals surface area contributed by atoms with Crippen molar-refractivity contribution in [3.63, 3.8) is 0 Å². The molecule has 0 saturated heterocycles. The van der Waals surface area contributed by atoms with Crippen LogP contribution in [0.1, 0.15) is 132 Å². The summed E-state index contributed by atoms with van der Waals surface area (Å²) in [5, 5.41) is 1.11. The molecule has 3 aliphatic rings. The highest BCUT2D eigenvalue weighted by atomic mass is 16.5. The number of nitrogens with zero attached hydrogens (tertiary/aromatic N) is 4. The molecular formula is C82H74N4O. The van der Waals surface area contributed by atoms with Gasteiger partial charge in [0.15, 0.2) is 0 Å². The summed E-state index contributed by atoms with van der Waals surface area (Å²) in [5.74, 6) is 1.72. The van der Waals surface area contributed by atoms with Crippen LogP contribution in [0.15, 0.2) is 237 Å². The summed E-state index contributed by atoms with van der Waals surface area (Å²) >= 11 is 0. The van der Waals surface area contributed by atoms with Crippen molar-refractivity contribution in [1.82, 2.24) is 9.55 Å². The maximum Gasteiger partial charge on any atom is 0.137 e. The molecule has 1 aliphatic heterocycles. The summed E-state index contributed by atoms with van der Waals surface area (Å²) < 4.78 is 44.5. The van der Waals surface area contributed by atoms with Crippen molar-refractivity contribution >= 4 is 44.6 Å². The van der Waals surface area contributed by atoms with Crippen LogP contribution in [-0.2, 0) is 27.1 Å². The van der Waals surface area contributed by atoms with Crippen LogP contribution < -0.4 is 14.5 Å². The van der Waals surface area contributed by atoms with E-state index in [1.807, 2.05) is 53.2 Å². The van der Waals surface area contributed by atoms with Gasteiger partial charge in [-0.25, -0.2) is 4.98 Å². The molecule has 1 spiro atoms. The largest absolute Gasteiger partial charge is 0.457 e. The van der Waals surface area contributed by atoms with Crippen LogP contribution in [0, 0.1) is 0 Å². The van der Waals surface area contributed by atoms with E-state index in [9.17, 15) is 1.37 Å². The number of pyridine rings is 1. The Balaban J connectivity index is 0.899. The minimum absolute atomic E-state index is 0.0949. The van der Waals surface area contributed by atoms with E-state index in [2.05, 4.69) is 250 Å². The number of rotatable bonds is 7. The third kappa shape index (κ3) is 8.44. The highest BCUT2D eigenvalue weighted by molar-refractivity contribution is 6.10. The average molecular weight is 1140 g/mol. The van der Waals surface area contributed by atoms with Gasteiger partial charge in [0.1, 0.15) is 24.0 Å². The Morgan fingerprint density at radius 3 is 1.69 bits per heavy atom. The molecule has 2 aromatic heterocycles. The summed E-state index contributed by atoms with van der Waals surface area (Å²) in [6.45, 7) is 25.6. The van der Waals surface area contributed by atoms with Crippen molar-refractivity contribution < 1.29 is 10.2 Å². The van der Waals surface area contributed by atoms with Gasteiger partial charge in [-0.15, -0.1) is 0 Å². The first kappa shape index (κ1) is 49.8. The molecule has 87 heavy (non-hydrogen) atoms. The number of hydrogen-bond donors (Lipinski definition) is 0. The van der Waals surface area contributed by atoms with Crippen LogP contribution in [0.4, 0.5) is 22.7 Å². The number of ether oxygens (including phenoxy) is 1. The van der Waals surface area contributed by atoms with E-state index in [4.69, 9.17) is 13.8 Å². The van der Waals surface area contributed by atoms with Gasteiger partial charge in [-0.05, 0) is 137 Å². The molecule has 0 unspecified atom stereocenters. The Hall–Kier alpha value is -9.45. The zero-order chi connectivity index (χ0) is 63.4. The van der Waals surface area contributed by atoms with Gasteiger partial charge in [-0.3, -0.25) is 4.57 Å². The van der Waals surface area contributed by atoms with E-state index in [0.717, 1.165) is 39.4 Å². The van der Waals surface area contributed by atoms with Crippen molar-refractivity contribution in [3.8, 4) is 50.7 Å². The number of fused-ring (bicyclic) bond motifs is 13. The molecule has 2 aliphatic carbocycles. The first-order valence-corrected chi connectivity index (χ1v) is 30.6. The number of para-hydroxylation sites is 4. The maximum atomic E-state index is 9.19. The highest BCUT2D eigenvalue weighted by Crippen LogP contribution is 2.64. The lowest BCUT2D eigenvalue weighted by atomic mass is 9.55. The van der Waals surface area contributed by atoms with Gasteiger partial charge < -0.3 is 14.5 Å². The number of hydrogen-bond acceptors (Lipinski definition) is 4. The van der Waals surface area contributed by atoms with Gasteiger partial charge in [0.25, 0.3) is 0 Å². The third-order valence-corrected chi connectivity index (χ3v) is 19.0. The Morgan fingerprint density at radius 1 is 0.448 bits per heavy atom. The molecule has 0 N–H and O–H groups in total. The lowest BCUT2D eigenvalue weighted by molar-refractivity contribution is 0.483. The molecular weight excluding hydrogens is 1060 g/mol. The van der Waals surface area contributed by atoms with Gasteiger partial charge in [0, 0.05) is 51.3 Å². The summed E-state index contributed by atoms with van der Waals surface area (Å²) in [4.78, 5) is 9.85. The minimum atomic E-state index is -0.565. The summed E-state index contributed by atoms with van der Waals surface area (Å²) in [6, 6.07) is 74.8. The first-order chi connectivity index (χ1) is 43.5. The smallest absolute Gasteiger partial charge is 0.137 e. The summed E-state index contributed by atoms with van der Waals surface area (Å²) in [6.07, 6.45) is 1.85. The Morgan fingerprint density at radius 2 is 1.01 bits per heavy atom. The van der Waals surface area contributed by atoms with Crippen molar-refractivity contribution in [2.75, 3.05) is 16.5 Å². The van der Waals surface area contributed by atoms with Crippen LogP contribution in [0.5, 0.6) is 11.5 Å². The van der Waals surface area contributed by atoms with Crippen LogP contribution in [-0.4, -0.2) is 16.2 Å². The average Bonchev–Trinajstić information content (AvgIpc) is 1.58. The quantitative estimate of drug-likeness (QED) is 0.159. The highest BCUT2D eigenvalue weighted by Gasteiger charge is 2.54. The fourth-order valence-electron chi connectivity index (χ4n) is 14.5. The van der Waals surface area contributed by atoms with E-state index in [1.54, 1.807) is 0 Å². The Labute approximate surface area is 518 Å². The van der Waals surface area contributed by atoms with Gasteiger partial charge in [-0.1, -0.05) is 246 Å². The number of anilines is 4. The molecule has 0 atom stereocenters. The predicted octanol–water partition coefficient (Wildman–Crippen LogP) is 21.4. The molecule has 5 nitrogen and oxygen atoms in total. The SMILES string of the molecule is [2H]c1c([2H])c([2H])c2c(c1[2H])c1ccc(Oc3cccc(N4CN(c5c(-c6cc(C(C)(C)C)cc(C(C)(C)C)c6)cccc5-c5cccc6c5-c5ccccc5C65c6ccccc6C(C)(C)c6ccccc65)c5ccccc54)c3)cc1n2-c1ccc(C(C)(C)C)cn1. The molecule has 5 heteroatoms. The minimum Gasteiger partial charge on any atom is -0.457 e. The number of aromatic nitrogens is 2. The van der Waals surface area contributed by atoms with Gasteiger partial charge in [0.2, 0.25) is 0 Å². The lowest BCUT2D eigenvalue weighted by Gasteiger charge is -2.46. The zero-order valence-corrected chi connectivity index (χ0v) is 51.6. The zero-order valence-electron chi connectivity index (χ0n) is 55.6. The predicted molar refractivity (Wildman–Crippen MR) is 364 cm³/mol. The van der Waals surface area contributed by atoms with Crippen LogP contribution in [0.25, 0.3) is 61.0 Å². The van der Waals surface area contributed by atoms with E-state index < -0.39 is 5.41 Å². The second-order valence-electron chi connectivity index (χ2n) is 27.7. The second kappa shape index (κ2) is 19.5. The van der Waals surface area contributed by atoms with E-state index >= 15 is 0 Å². The summed E-state index contributed by atoms with van der Waals surface area (Å²) in [5.41, 5.74) is 22.8. The van der Waals surface area contributed by atoms with Gasteiger partial charge >= 0.3 is 0 Å². The topological polar surface area (TPSA) is 33.5 Å². The first-order valence-electron chi connectivity index (χ1n) is 32.6. The molecule has 428 valence electrons. The van der Waals surface area contributed by atoms with Crippen molar-refractivity contribution in [3.05, 3.63) is 287 Å². The van der Waals surface area contributed by atoms with Crippen LogP contribution in [0.3, 0.4) is 0 Å². The molecule has 3 heterocycles. The van der Waals surface area contributed by atoms with Crippen LogP contribution >= 0.6 is 0 Å². The molecule has 0 fully saturated rings. The third-order valence-electron chi connectivity index (χ3n) is 19.0. The number of benzene rings is 10. The van der Waals surface area contributed by atoms with Crippen molar-refractivity contribution in [2.45, 2.75) is 103 Å². The molecule has 0 radical (unpaired) electrons. The lowest BCUT2D eigenvalue weighted by Crippen LogP contribution is -2.40. The Kier molecular flexibility index (Phi) is 11.2. The molecule has 10 aromatic carbocycles. The fourth-order valence-corrected chi connectivity index (χ4v) is 14.5. The Bertz CT molecular complexity index is 4910. The van der Waals surface area contributed by atoms with E-state index in [-0.39, 0.29) is 45.8 Å². The fraction of sp³-hybridized carbons (Fsp3) is 0.207.